The van der Waals surface area contributed by atoms with Crippen molar-refractivity contribution in [3.63, 3.8) is 0 Å². The number of pyridine rings is 1. The van der Waals surface area contributed by atoms with E-state index in [1.807, 2.05) is 37.3 Å². The molecule has 2 aromatic heterocycles. The molecule has 100 valence electrons. The lowest BCUT2D eigenvalue weighted by atomic mass is 10.2. The number of rotatable bonds is 3. The van der Waals surface area contributed by atoms with Crippen LogP contribution in [-0.4, -0.2) is 15.0 Å². The fourth-order valence-corrected chi connectivity index (χ4v) is 2.41. The van der Waals surface area contributed by atoms with E-state index in [2.05, 4.69) is 42.3 Å². The van der Waals surface area contributed by atoms with Gasteiger partial charge in [-0.15, -0.1) is 0 Å². The minimum Gasteiger partial charge on any atom is -0.340 e. The van der Waals surface area contributed by atoms with Gasteiger partial charge >= 0.3 is 0 Å². The Morgan fingerprint density at radius 2 is 2.05 bits per heavy atom. The third-order valence-corrected chi connectivity index (χ3v) is 3.34. The molecule has 2 heterocycles. The molecule has 0 aliphatic carbocycles. The number of fused-ring (bicyclic) bond motifs is 1. The molecule has 3 aromatic rings. The number of nitrogens with one attached hydrogen (secondary N) is 1. The van der Waals surface area contributed by atoms with Crippen LogP contribution in [-0.2, 0) is 6.42 Å². The molecular weight excluding hydrogens is 316 g/mol. The van der Waals surface area contributed by atoms with E-state index in [1.54, 1.807) is 6.20 Å². The Balaban J connectivity index is 1.94. The summed E-state index contributed by atoms with van der Waals surface area (Å²) in [5.41, 5.74) is 1.97. The van der Waals surface area contributed by atoms with Crippen LogP contribution in [0.2, 0.25) is 0 Å². The summed E-state index contributed by atoms with van der Waals surface area (Å²) in [6, 6.07) is 11.9. The van der Waals surface area contributed by atoms with Crippen molar-refractivity contribution in [2.75, 3.05) is 5.32 Å². The number of benzene rings is 1. The number of anilines is 2. The fourth-order valence-electron chi connectivity index (χ4n) is 1.99. The Kier molecular flexibility index (Phi) is 3.60. The zero-order chi connectivity index (χ0) is 13.9. The first-order valence-corrected chi connectivity index (χ1v) is 7.19. The predicted octanol–water partition coefficient (Wildman–Crippen LogP) is 4.09. The molecule has 3 rings (SSSR count). The molecule has 0 saturated carbocycles. The first-order valence-electron chi connectivity index (χ1n) is 6.40. The van der Waals surface area contributed by atoms with E-state index in [0.29, 0.717) is 0 Å². The molecule has 0 fully saturated rings. The highest BCUT2D eigenvalue weighted by Crippen LogP contribution is 2.21. The maximum absolute atomic E-state index is 4.46. The maximum atomic E-state index is 4.46. The smallest absolute Gasteiger partial charge is 0.135 e. The topological polar surface area (TPSA) is 50.7 Å². The standard InChI is InChI=1S/C15H13BrN4/c1-2-14-19-13(16)9-15(20-14)18-11-5-6-12-10(8-11)4-3-7-17-12/h3-9H,2H2,1H3,(H,18,19,20). The van der Waals surface area contributed by atoms with Gasteiger partial charge in [0.25, 0.3) is 0 Å². The van der Waals surface area contributed by atoms with E-state index in [4.69, 9.17) is 0 Å². The Morgan fingerprint density at radius 3 is 2.90 bits per heavy atom. The lowest BCUT2D eigenvalue weighted by molar-refractivity contribution is 0.931. The zero-order valence-corrected chi connectivity index (χ0v) is 12.6. The summed E-state index contributed by atoms with van der Waals surface area (Å²) >= 11 is 3.41. The molecule has 0 saturated heterocycles. The van der Waals surface area contributed by atoms with E-state index in [-0.39, 0.29) is 0 Å². The molecule has 5 heteroatoms. The molecule has 0 bridgehead atoms. The number of hydrogen-bond acceptors (Lipinski definition) is 4. The summed E-state index contributed by atoms with van der Waals surface area (Å²) in [4.78, 5) is 13.1. The molecule has 1 aromatic carbocycles. The second-order valence-corrected chi connectivity index (χ2v) is 5.19. The highest BCUT2D eigenvalue weighted by Gasteiger charge is 2.03. The molecule has 0 unspecified atom stereocenters. The summed E-state index contributed by atoms with van der Waals surface area (Å²) in [7, 11) is 0. The Labute approximate surface area is 125 Å². The van der Waals surface area contributed by atoms with Gasteiger partial charge in [0.2, 0.25) is 0 Å². The number of hydrogen-bond donors (Lipinski definition) is 1. The third kappa shape index (κ3) is 2.77. The van der Waals surface area contributed by atoms with Gasteiger partial charge in [-0.3, -0.25) is 4.98 Å². The molecule has 0 amide bonds. The summed E-state index contributed by atoms with van der Waals surface area (Å²) in [5.74, 6) is 1.59. The van der Waals surface area contributed by atoms with Gasteiger partial charge in [0.1, 0.15) is 16.2 Å². The summed E-state index contributed by atoms with van der Waals surface area (Å²) in [6.45, 7) is 2.03. The molecule has 4 nitrogen and oxygen atoms in total. The highest BCUT2D eigenvalue weighted by molar-refractivity contribution is 9.10. The Bertz CT molecular complexity index is 758. The zero-order valence-electron chi connectivity index (χ0n) is 11.0. The molecule has 20 heavy (non-hydrogen) atoms. The number of aryl methyl sites for hydroxylation is 1. The van der Waals surface area contributed by atoms with Gasteiger partial charge in [-0.25, -0.2) is 9.97 Å². The Hall–Kier alpha value is -2.01. The minimum atomic E-state index is 0.784. The van der Waals surface area contributed by atoms with Crippen molar-refractivity contribution >= 4 is 38.3 Å². The number of aromatic nitrogens is 3. The van der Waals surface area contributed by atoms with Crippen molar-refractivity contribution in [2.45, 2.75) is 13.3 Å². The fraction of sp³-hybridized carbons (Fsp3) is 0.133. The van der Waals surface area contributed by atoms with Crippen LogP contribution >= 0.6 is 15.9 Å². The molecule has 0 atom stereocenters. The van der Waals surface area contributed by atoms with Crippen LogP contribution in [0.4, 0.5) is 11.5 Å². The predicted molar refractivity (Wildman–Crippen MR) is 84.1 cm³/mol. The quantitative estimate of drug-likeness (QED) is 0.735. The first kappa shape index (κ1) is 13.0. The average molecular weight is 329 g/mol. The van der Waals surface area contributed by atoms with Crippen molar-refractivity contribution in [3.8, 4) is 0 Å². The van der Waals surface area contributed by atoms with E-state index >= 15 is 0 Å². The maximum Gasteiger partial charge on any atom is 0.135 e. The summed E-state index contributed by atoms with van der Waals surface area (Å²) < 4.78 is 0.786. The van der Waals surface area contributed by atoms with Crippen LogP contribution in [0.3, 0.4) is 0 Å². The normalized spacial score (nSPS) is 10.7. The van der Waals surface area contributed by atoms with E-state index in [1.165, 1.54) is 0 Å². The van der Waals surface area contributed by atoms with Crippen LogP contribution in [0.1, 0.15) is 12.7 Å². The van der Waals surface area contributed by atoms with Gasteiger partial charge < -0.3 is 5.32 Å². The van der Waals surface area contributed by atoms with E-state index < -0.39 is 0 Å². The van der Waals surface area contributed by atoms with Crippen molar-refractivity contribution in [3.05, 3.63) is 53.0 Å². The van der Waals surface area contributed by atoms with E-state index in [0.717, 1.165) is 39.3 Å². The monoisotopic (exact) mass is 328 g/mol. The Morgan fingerprint density at radius 1 is 1.15 bits per heavy atom. The van der Waals surface area contributed by atoms with Gasteiger partial charge in [-0.05, 0) is 40.2 Å². The minimum absolute atomic E-state index is 0.784. The van der Waals surface area contributed by atoms with Crippen molar-refractivity contribution < 1.29 is 0 Å². The summed E-state index contributed by atoms with van der Waals surface area (Å²) in [5, 5.41) is 4.40. The number of halogens is 1. The van der Waals surface area contributed by atoms with Crippen LogP contribution in [0.15, 0.2) is 47.2 Å². The molecular formula is C15H13BrN4. The molecule has 1 N–H and O–H groups in total. The van der Waals surface area contributed by atoms with Gasteiger partial charge in [-0.1, -0.05) is 13.0 Å². The van der Waals surface area contributed by atoms with E-state index in [9.17, 15) is 0 Å². The van der Waals surface area contributed by atoms with Crippen molar-refractivity contribution in [1.82, 2.24) is 15.0 Å². The lowest BCUT2D eigenvalue weighted by Crippen LogP contribution is -1.99. The average Bonchev–Trinajstić information content (AvgIpc) is 2.46. The van der Waals surface area contributed by atoms with Crippen LogP contribution in [0.5, 0.6) is 0 Å². The number of nitrogens with zero attached hydrogens (tertiary/aromatic N) is 3. The van der Waals surface area contributed by atoms with Crippen LogP contribution in [0.25, 0.3) is 10.9 Å². The molecule has 0 aliphatic heterocycles. The van der Waals surface area contributed by atoms with Crippen molar-refractivity contribution in [1.29, 1.82) is 0 Å². The van der Waals surface area contributed by atoms with Gasteiger partial charge in [0, 0.05) is 29.8 Å². The van der Waals surface area contributed by atoms with Gasteiger partial charge in [0.15, 0.2) is 0 Å². The first-order chi connectivity index (χ1) is 9.74. The largest absolute Gasteiger partial charge is 0.340 e. The van der Waals surface area contributed by atoms with Gasteiger partial charge in [-0.2, -0.15) is 0 Å². The molecule has 0 aliphatic rings. The van der Waals surface area contributed by atoms with Crippen molar-refractivity contribution in [2.24, 2.45) is 0 Å². The van der Waals surface area contributed by atoms with Crippen LogP contribution < -0.4 is 5.32 Å². The highest BCUT2D eigenvalue weighted by atomic mass is 79.9. The second kappa shape index (κ2) is 5.54. The second-order valence-electron chi connectivity index (χ2n) is 4.38. The SMILES string of the molecule is CCc1nc(Br)cc(Nc2ccc3ncccc3c2)n1. The lowest BCUT2D eigenvalue weighted by Gasteiger charge is -2.08. The molecule has 0 spiro atoms. The summed E-state index contributed by atoms with van der Waals surface area (Å²) in [6.07, 6.45) is 2.60. The van der Waals surface area contributed by atoms with Gasteiger partial charge in [0.05, 0.1) is 5.52 Å². The third-order valence-electron chi connectivity index (χ3n) is 2.93. The van der Waals surface area contributed by atoms with Crippen LogP contribution in [0, 0.1) is 0 Å². The molecule has 0 radical (unpaired) electrons.